The Hall–Kier alpha value is -2.66. The number of carbonyl (C=O) groups is 2. The summed E-state index contributed by atoms with van der Waals surface area (Å²) in [6, 6.07) is 17.5. The highest BCUT2D eigenvalue weighted by atomic mass is 16.2. The van der Waals surface area contributed by atoms with Crippen LogP contribution < -0.4 is 10.2 Å². The number of benzene rings is 2. The van der Waals surface area contributed by atoms with Crippen molar-refractivity contribution < 1.29 is 9.59 Å². The van der Waals surface area contributed by atoms with E-state index in [1.165, 1.54) is 5.56 Å². The molecule has 1 N–H and O–H groups in total. The van der Waals surface area contributed by atoms with Crippen LogP contribution in [0.15, 0.2) is 54.6 Å². The quantitative estimate of drug-likeness (QED) is 0.882. The lowest BCUT2D eigenvalue weighted by atomic mass is 10.2. The maximum Gasteiger partial charge on any atom is 0.238 e. The van der Waals surface area contributed by atoms with Crippen molar-refractivity contribution in [3.8, 4) is 0 Å². The highest BCUT2D eigenvalue weighted by Gasteiger charge is 2.24. The van der Waals surface area contributed by atoms with E-state index in [4.69, 9.17) is 0 Å². The van der Waals surface area contributed by atoms with Crippen molar-refractivity contribution >= 4 is 23.2 Å². The van der Waals surface area contributed by atoms with E-state index >= 15 is 0 Å². The Bertz CT molecular complexity index is 746. The smallest absolute Gasteiger partial charge is 0.238 e. The molecule has 0 spiro atoms. The number of anilines is 2. The van der Waals surface area contributed by atoms with Gasteiger partial charge in [0.25, 0.3) is 0 Å². The molecule has 0 radical (unpaired) electrons. The Balaban J connectivity index is 1.62. The van der Waals surface area contributed by atoms with Gasteiger partial charge in [0.1, 0.15) is 0 Å². The number of amides is 2. The Morgan fingerprint density at radius 3 is 2.56 bits per heavy atom. The average Bonchev–Trinajstić information content (AvgIpc) is 3.02. The van der Waals surface area contributed by atoms with E-state index in [-0.39, 0.29) is 18.4 Å². The number of nitrogens with zero attached hydrogens (tertiary/aromatic N) is 2. The predicted molar refractivity (Wildman–Crippen MR) is 99.4 cm³/mol. The van der Waals surface area contributed by atoms with Crippen LogP contribution in [0.2, 0.25) is 0 Å². The maximum absolute atomic E-state index is 12.4. The minimum atomic E-state index is -0.0856. The summed E-state index contributed by atoms with van der Waals surface area (Å²) in [5, 5.41) is 2.95. The molecule has 0 aromatic heterocycles. The van der Waals surface area contributed by atoms with Crippen LogP contribution in [-0.4, -0.2) is 36.9 Å². The SMILES string of the molecule is CN(CC(=O)Nc1ccccc1N1CCCC1=O)Cc1ccccc1. The van der Waals surface area contributed by atoms with Crippen LogP contribution in [0, 0.1) is 0 Å². The Labute approximate surface area is 148 Å². The third-order valence-electron chi connectivity index (χ3n) is 4.25. The lowest BCUT2D eigenvalue weighted by molar-refractivity contribution is -0.118. The molecule has 3 rings (SSSR count). The molecule has 5 heteroatoms. The second kappa shape index (κ2) is 7.94. The molecule has 0 unspecified atom stereocenters. The van der Waals surface area contributed by atoms with Gasteiger partial charge < -0.3 is 10.2 Å². The van der Waals surface area contributed by atoms with Gasteiger partial charge in [-0.3, -0.25) is 14.5 Å². The fourth-order valence-electron chi connectivity index (χ4n) is 3.10. The number of para-hydroxylation sites is 2. The van der Waals surface area contributed by atoms with Crippen molar-refractivity contribution in [3.05, 3.63) is 60.2 Å². The Kier molecular flexibility index (Phi) is 5.46. The van der Waals surface area contributed by atoms with Gasteiger partial charge in [-0.15, -0.1) is 0 Å². The molecule has 0 atom stereocenters. The third-order valence-corrected chi connectivity index (χ3v) is 4.25. The molecule has 1 heterocycles. The highest BCUT2D eigenvalue weighted by molar-refractivity contribution is 6.02. The zero-order valence-electron chi connectivity index (χ0n) is 14.4. The Morgan fingerprint density at radius 2 is 1.84 bits per heavy atom. The van der Waals surface area contributed by atoms with Crippen LogP contribution in [0.4, 0.5) is 11.4 Å². The van der Waals surface area contributed by atoms with Gasteiger partial charge in [-0.05, 0) is 31.2 Å². The van der Waals surface area contributed by atoms with Crippen molar-refractivity contribution in [3.63, 3.8) is 0 Å². The van der Waals surface area contributed by atoms with Crippen LogP contribution in [-0.2, 0) is 16.1 Å². The summed E-state index contributed by atoms with van der Waals surface area (Å²) in [4.78, 5) is 28.1. The predicted octanol–water partition coefficient (Wildman–Crippen LogP) is 2.88. The van der Waals surface area contributed by atoms with Crippen LogP contribution >= 0.6 is 0 Å². The number of carbonyl (C=O) groups excluding carboxylic acids is 2. The lowest BCUT2D eigenvalue weighted by Gasteiger charge is -2.21. The molecular formula is C20H23N3O2. The Morgan fingerprint density at radius 1 is 1.12 bits per heavy atom. The van der Waals surface area contributed by atoms with Gasteiger partial charge >= 0.3 is 0 Å². The van der Waals surface area contributed by atoms with Crippen molar-refractivity contribution in [1.29, 1.82) is 0 Å². The monoisotopic (exact) mass is 337 g/mol. The average molecular weight is 337 g/mol. The molecule has 2 amide bonds. The van der Waals surface area contributed by atoms with E-state index in [0.717, 1.165) is 12.1 Å². The van der Waals surface area contributed by atoms with Crippen LogP contribution in [0.1, 0.15) is 18.4 Å². The maximum atomic E-state index is 12.4. The molecule has 2 aromatic carbocycles. The van der Waals surface area contributed by atoms with Crippen LogP contribution in [0.3, 0.4) is 0 Å². The van der Waals surface area contributed by atoms with E-state index in [9.17, 15) is 9.59 Å². The van der Waals surface area contributed by atoms with Gasteiger partial charge in [0.2, 0.25) is 11.8 Å². The second-order valence-electron chi connectivity index (χ2n) is 6.37. The number of rotatable bonds is 6. The first-order chi connectivity index (χ1) is 12.1. The molecule has 5 nitrogen and oxygen atoms in total. The summed E-state index contributed by atoms with van der Waals surface area (Å²) in [5.41, 5.74) is 2.64. The standard InChI is InChI=1S/C20H23N3O2/c1-22(14-16-8-3-2-4-9-16)15-19(24)21-17-10-5-6-11-18(17)23-13-7-12-20(23)25/h2-6,8-11H,7,12-15H2,1H3,(H,21,24). The molecule has 1 aliphatic rings. The largest absolute Gasteiger partial charge is 0.323 e. The van der Waals surface area contributed by atoms with Gasteiger partial charge in [0.15, 0.2) is 0 Å². The number of hydrogen-bond acceptors (Lipinski definition) is 3. The van der Waals surface area contributed by atoms with E-state index in [1.807, 2.05) is 66.5 Å². The summed E-state index contributed by atoms with van der Waals surface area (Å²) < 4.78 is 0. The van der Waals surface area contributed by atoms with Gasteiger partial charge in [0, 0.05) is 19.5 Å². The molecule has 1 saturated heterocycles. The van der Waals surface area contributed by atoms with Crippen LogP contribution in [0.5, 0.6) is 0 Å². The van der Waals surface area contributed by atoms with E-state index < -0.39 is 0 Å². The first-order valence-corrected chi connectivity index (χ1v) is 8.55. The second-order valence-corrected chi connectivity index (χ2v) is 6.37. The molecular weight excluding hydrogens is 314 g/mol. The number of likely N-dealkylation sites (N-methyl/N-ethyl adjacent to an activating group) is 1. The van der Waals surface area contributed by atoms with Crippen molar-refractivity contribution in [2.45, 2.75) is 19.4 Å². The number of hydrogen-bond donors (Lipinski definition) is 1. The van der Waals surface area contributed by atoms with E-state index in [1.54, 1.807) is 4.90 Å². The first kappa shape index (κ1) is 17.2. The molecule has 1 aliphatic heterocycles. The highest BCUT2D eigenvalue weighted by Crippen LogP contribution is 2.29. The third kappa shape index (κ3) is 4.45. The van der Waals surface area contributed by atoms with Gasteiger partial charge in [-0.25, -0.2) is 0 Å². The van der Waals surface area contributed by atoms with Gasteiger partial charge in [-0.1, -0.05) is 42.5 Å². The topological polar surface area (TPSA) is 52.7 Å². The summed E-state index contributed by atoms with van der Waals surface area (Å²) in [5.74, 6) is 0.0282. The molecule has 0 bridgehead atoms. The van der Waals surface area contributed by atoms with E-state index in [2.05, 4.69) is 5.32 Å². The number of nitrogens with one attached hydrogen (secondary N) is 1. The zero-order valence-corrected chi connectivity index (χ0v) is 14.4. The van der Waals surface area contributed by atoms with Crippen molar-refractivity contribution in [1.82, 2.24) is 4.90 Å². The van der Waals surface area contributed by atoms with Crippen molar-refractivity contribution in [2.24, 2.45) is 0 Å². The van der Waals surface area contributed by atoms with E-state index in [0.29, 0.717) is 25.2 Å². The molecule has 2 aromatic rings. The summed E-state index contributed by atoms with van der Waals surface area (Å²) >= 11 is 0. The minimum Gasteiger partial charge on any atom is -0.323 e. The molecule has 0 aliphatic carbocycles. The fourth-order valence-corrected chi connectivity index (χ4v) is 3.10. The normalized spacial score (nSPS) is 14.2. The van der Waals surface area contributed by atoms with Crippen LogP contribution in [0.25, 0.3) is 0 Å². The molecule has 25 heavy (non-hydrogen) atoms. The molecule has 130 valence electrons. The summed E-state index contributed by atoms with van der Waals surface area (Å²) in [7, 11) is 1.92. The molecule has 1 fully saturated rings. The van der Waals surface area contributed by atoms with Crippen molar-refractivity contribution in [2.75, 3.05) is 30.4 Å². The summed E-state index contributed by atoms with van der Waals surface area (Å²) in [6.07, 6.45) is 1.43. The summed E-state index contributed by atoms with van der Waals surface area (Å²) in [6.45, 7) is 1.71. The van der Waals surface area contributed by atoms with Gasteiger partial charge in [0.05, 0.1) is 17.9 Å². The lowest BCUT2D eigenvalue weighted by Crippen LogP contribution is -2.31. The minimum absolute atomic E-state index is 0.0856. The molecule has 0 saturated carbocycles. The van der Waals surface area contributed by atoms with Gasteiger partial charge in [-0.2, -0.15) is 0 Å². The first-order valence-electron chi connectivity index (χ1n) is 8.55. The zero-order chi connectivity index (χ0) is 17.6. The fraction of sp³-hybridized carbons (Fsp3) is 0.300.